The third kappa shape index (κ3) is 3.12. The van der Waals surface area contributed by atoms with Crippen LogP contribution in [0.3, 0.4) is 0 Å². The van der Waals surface area contributed by atoms with Gasteiger partial charge in [-0.2, -0.15) is 0 Å². The van der Waals surface area contributed by atoms with Gasteiger partial charge in [-0.05, 0) is 35.7 Å². The van der Waals surface area contributed by atoms with Crippen LogP contribution >= 0.6 is 0 Å². The van der Waals surface area contributed by atoms with Gasteiger partial charge in [-0.1, -0.05) is 0 Å². The molecule has 6 nitrogen and oxygen atoms in total. The van der Waals surface area contributed by atoms with Crippen molar-refractivity contribution in [2.24, 2.45) is 0 Å². The third-order valence-corrected chi connectivity index (χ3v) is 4.75. The zero-order chi connectivity index (χ0) is 18.7. The Balaban J connectivity index is 2.15. The number of benzene rings is 2. The molecule has 26 heavy (non-hydrogen) atoms. The predicted octanol–water partition coefficient (Wildman–Crippen LogP) is 2.96. The summed E-state index contributed by atoms with van der Waals surface area (Å²) >= 11 is 0. The summed E-state index contributed by atoms with van der Waals surface area (Å²) in [5.41, 5.74) is 3.35. The molecule has 0 radical (unpaired) electrons. The zero-order valence-electron chi connectivity index (χ0n) is 15.8. The van der Waals surface area contributed by atoms with Crippen LogP contribution in [-0.2, 0) is 6.42 Å². The number of fused-ring (bicyclic) bond motifs is 1. The lowest BCUT2D eigenvalue weighted by Crippen LogP contribution is -2.31. The molecule has 0 aliphatic carbocycles. The first-order valence-electron chi connectivity index (χ1n) is 8.44. The van der Waals surface area contributed by atoms with Crippen molar-refractivity contribution in [2.45, 2.75) is 12.5 Å². The standard InChI is InChI=1S/C20H25NO5/c1-22-15-11-19(26-5)18(25-4)10-14(15)20-13-9-17(24-3)16(23-2)8-12(13)6-7-21-20/h8-11,20-21H,6-7H2,1-5H3/t20-/m1/s1. The Morgan fingerprint density at radius 2 is 1.15 bits per heavy atom. The first-order chi connectivity index (χ1) is 12.7. The van der Waals surface area contributed by atoms with E-state index in [9.17, 15) is 0 Å². The van der Waals surface area contributed by atoms with Gasteiger partial charge >= 0.3 is 0 Å². The highest BCUT2D eigenvalue weighted by atomic mass is 16.5. The number of hydrogen-bond acceptors (Lipinski definition) is 6. The van der Waals surface area contributed by atoms with Gasteiger partial charge in [0.05, 0.1) is 41.6 Å². The van der Waals surface area contributed by atoms with Crippen LogP contribution < -0.4 is 29.0 Å². The molecule has 0 aromatic heterocycles. The van der Waals surface area contributed by atoms with Crippen LogP contribution in [0.25, 0.3) is 0 Å². The maximum atomic E-state index is 5.63. The van der Waals surface area contributed by atoms with Crippen LogP contribution in [0.1, 0.15) is 22.7 Å². The van der Waals surface area contributed by atoms with Gasteiger partial charge in [0.25, 0.3) is 0 Å². The molecule has 0 bridgehead atoms. The molecule has 0 fully saturated rings. The fourth-order valence-corrected chi connectivity index (χ4v) is 3.44. The monoisotopic (exact) mass is 359 g/mol. The van der Waals surface area contributed by atoms with Gasteiger partial charge in [0.2, 0.25) is 0 Å². The molecule has 1 aliphatic rings. The van der Waals surface area contributed by atoms with Crippen LogP contribution in [-0.4, -0.2) is 42.1 Å². The van der Waals surface area contributed by atoms with Gasteiger partial charge < -0.3 is 29.0 Å². The Bertz CT molecular complexity index is 790. The minimum Gasteiger partial charge on any atom is -0.496 e. The number of methoxy groups -OCH3 is 5. The van der Waals surface area contributed by atoms with Crippen LogP contribution in [0.2, 0.25) is 0 Å². The van der Waals surface area contributed by atoms with E-state index in [2.05, 4.69) is 11.4 Å². The summed E-state index contributed by atoms with van der Waals surface area (Å²) < 4.78 is 27.4. The molecule has 1 heterocycles. The zero-order valence-corrected chi connectivity index (χ0v) is 15.8. The van der Waals surface area contributed by atoms with Crippen molar-refractivity contribution in [1.82, 2.24) is 5.32 Å². The van der Waals surface area contributed by atoms with Crippen molar-refractivity contribution in [3.63, 3.8) is 0 Å². The highest BCUT2D eigenvalue weighted by molar-refractivity contribution is 5.57. The lowest BCUT2D eigenvalue weighted by molar-refractivity contribution is 0.345. The average molecular weight is 359 g/mol. The first kappa shape index (κ1) is 18.2. The molecule has 0 spiro atoms. The average Bonchev–Trinajstić information content (AvgIpc) is 2.70. The van der Waals surface area contributed by atoms with E-state index in [0.29, 0.717) is 17.2 Å². The molecule has 0 saturated carbocycles. The van der Waals surface area contributed by atoms with Crippen LogP contribution in [0.5, 0.6) is 28.7 Å². The topological polar surface area (TPSA) is 58.2 Å². The fraction of sp³-hybridized carbons (Fsp3) is 0.400. The predicted molar refractivity (Wildman–Crippen MR) is 99.2 cm³/mol. The fourth-order valence-electron chi connectivity index (χ4n) is 3.44. The van der Waals surface area contributed by atoms with Gasteiger partial charge in [0.1, 0.15) is 5.75 Å². The van der Waals surface area contributed by atoms with Crippen molar-refractivity contribution in [2.75, 3.05) is 42.1 Å². The van der Waals surface area contributed by atoms with Crippen molar-refractivity contribution in [3.8, 4) is 28.7 Å². The number of ether oxygens (including phenoxy) is 5. The molecular weight excluding hydrogens is 334 g/mol. The van der Waals surface area contributed by atoms with Gasteiger partial charge in [-0.25, -0.2) is 0 Å². The third-order valence-electron chi connectivity index (χ3n) is 4.75. The van der Waals surface area contributed by atoms with E-state index in [0.717, 1.165) is 35.6 Å². The molecule has 0 amide bonds. The van der Waals surface area contributed by atoms with E-state index in [1.54, 1.807) is 35.5 Å². The lowest BCUT2D eigenvalue weighted by atomic mass is 9.88. The molecule has 140 valence electrons. The summed E-state index contributed by atoms with van der Waals surface area (Å²) in [6, 6.07) is 7.84. The van der Waals surface area contributed by atoms with E-state index in [1.807, 2.05) is 18.2 Å². The Morgan fingerprint density at radius 1 is 0.654 bits per heavy atom. The Morgan fingerprint density at radius 3 is 1.73 bits per heavy atom. The Kier molecular flexibility index (Phi) is 5.42. The smallest absolute Gasteiger partial charge is 0.164 e. The van der Waals surface area contributed by atoms with Crippen LogP contribution in [0.4, 0.5) is 0 Å². The van der Waals surface area contributed by atoms with E-state index in [4.69, 9.17) is 23.7 Å². The number of nitrogens with one attached hydrogen (secondary N) is 1. The van der Waals surface area contributed by atoms with Crippen molar-refractivity contribution < 1.29 is 23.7 Å². The molecule has 3 rings (SSSR count). The lowest BCUT2D eigenvalue weighted by Gasteiger charge is -2.30. The normalized spacial score (nSPS) is 15.8. The minimum absolute atomic E-state index is 0.0479. The minimum atomic E-state index is -0.0479. The van der Waals surface area contributed by atoms with Gasteiger partial charge in [0.15, 0.2) is 23.0 Å². The molecule has 6 heteroatoms. The summed E-state index contributed by atoms with van der Waals surface area (Å²) in [7, 11) is 8.20. The maximum absolute atomic E-state index is 5.63. The van der Waals surface area contributed by atoms with E-state index in [1.165, 1.54) is 5.56 Å². The molecular formula is C20H25NO5. The van der Waals surface area contributed by atoms with E-state index in [-0.39, 0.29) is 6.04 Å². The van der Waals surface area contributed by atoms with E-state index < -0.39 is 0 Å². The summed E-state index contributed by atoms with van der Waals surface area (Å²) in [6.07, 6.45) is 0.918. The quantitative estimate of drug-likeness (QED) is 0.856. The largest absolute Gasteiger partial charge is 0.496 e. The second-order valence-corrected chi connectivity index (χ2v) is 5.99. The Hall–Kier alpha value is -2.60. The molecule has 0 saturated heterocycles. The molecule has 2 aromatic carbocycles. The molecule has 1 aliphatic heterocycles. The highest BCUT2D eigenvalue weighted by Crippen LogP contribution is 2.43. The molecule has 1 atom stereocenters. The summed E-state index contributed by atoms with van der Waals surface area (Å²) in [5.74, 6) is 3.49. The van der Waals surface area contributed by atoms with Crippen molar-refractivity contribution >= 4 is 0 Å². The van der Waals surface area contributed by atoms with E-state index >= 15 is 0 Å². The van der Waals surface area contributed by atoms with Crippen molar-refractivity contribution in [3.05, 3.63) is 41.0 Å². The second kappa shape index (κ2) is 7.74. The first-order valence-corrected chi connectivity index (χ1v) is 8.44. The number of hydrogen-bond donors (Lipinski definition) is 1. The van der Waals surface area contributed by atoms with Crippen LogP contribution in [0.15, 0.2) is 24.3 Å². The summed E-state index contributed by atoms with van der Waals surface area (Å²) in [4.78, 5) is 0. The highest BCUT2D eigenvalue weighted by Gasteiger charge is 2.27. The van der Waals surface area contributed by atoms with Gasteiger partial charge in [-0.15, -0.1) is 0 Å². The number of rotatable bonds is 6. The molecule has 2 aromatic rings. The molecule has 1 N–H and O–H groups in total. The second-order valence-electron chi connectivity index (χ2n) is 5.99. The Labute approximate surface area is 154 Å². The van der Waals surface area contributed by atoms with Crippen molar-refractivity contribution in [1.29, 1.82) is 0 Å². The van der Waals surface area contributed by atoms with Gasteiger partial charge in [0, 0.05) is 18.2 Å². The summed E-state index contributed by atoms with van der Waals surface area (Å²) in [6.45, 7) is 0.852. The van der Waals surface area contributed by atoms with Gasteiger partial charge in [-0.3, -0.25) is 0 Å². The van der Waals surface area contributed by atoms with Crippen LogP contribution in [0, 0.1) is 0 Å². The summed E-state index contributed by atoms with van der Waals surface area (Å²) in [5, 5.41) is 3.57. The molecule has 0 unspecified atom stereocenters. The SMILES string of the molecule is COc1cc2c(cc1OC)[C@H](c1cc(OC)c(OC)cc1OC)NCC2. The maximum Gasteiger partial charge on any atom is 0.164 e.